The summed E-state index contributed by atoms with van der Waals surface area (Å²) < 4.78 is 5.03. The Morgan fingerprint density at radius 2 is 1.56 bits per heavy atom. The summed E-state index contributed by atoms with van der Waals surface area (Å²) in [6, 6.07) is 15.2. The van der Waals surface area contributed by atoms with Crippen molar-refractivity contribution in [3.05, 3.63) is 65.7 Å². The maximum absolute atomic E-state index is 12.0. The van der Waals surface area contributed by atoms with Crippen LogP contribution in [-0.2, 0) is 9.59 Å². The van der Waals surface area contributed by atoms with Crippen LogP contribution in [-0.4, -0.2) is 29.6 Å². The number of hydrogen-bond acceptors (Lipinski definition) is 5. The number of rotatable bonds is 9. The molecular formula is C20H20O5. The molecule has 0 aromatic heterocycles. The Morgan fingerprint density at radius 1 is 0.920 bits per heavy atom. The molecule has 2 aromatic rings. The summed E-state index contributed by atoms with van der Waals surface area (Å²) in [6.07, 6.45) is -1.83. The second-order valence-corrected chi connectivity index (χ2v) is 5.71. The Balaban J connectivity index is 1.84. The smallest absolute Gasteiger partial charge is 0.170 e. The Kier molecular flexibility index (Phi) is 6.60. The molecule has 25 heavy (non-hydrogen) atoms. The Labute approximate surface area is 146 Å². The van der Waals surface area contributed by atoms with Crippen molar-refractivity contribution < 1.29 is 24.2 Å². The molecule has 0 fully saturated rings. The average molecular weight is 340 g/mol. The molecule has 0 saturated heterocycles. The molecule has 0 aliphatic carbocycles. The van der Waals surface area contributed by atoms with Gasteiger partial charge in [0.1, 0.15) is 17.3 Å². The van der Waals surface area contributed by atoms with Gasteiger partial charge in [-0.2, -0.15) is 0 Å². The van der Waals surface area contributed by atoms with Crippen molar-refractivity contribution in [2.75, 3.05) is 7.11 Å². The van der Waals surface area contributed by atoms with E-state index in [0.717, 1.165) is 0 Å². The van der Waals surface area contributed by atoms with E-state index in [-0.39, 0.29) is 25.0 Å². The van der Waals surface area contributed by atoms with E-state index in [4.69, 9.17) is 4.74 Å². The van der Waals surface area contributed by atoms with Gasteiger partial charge in [-0.3, -0.25) is 14.4 Å². The normalized spacial score (nSPS) is 11.6. The topological polar surface area (TPSA) is 80.7 Å². The van der Waals surface area contributed by atoms with Gasteiger partial charge in [0.05, 0.1) is 26.1 Å². The first-order chi connectivity index (χ1) is 12.0. The highest BCUT2D eigenvalue weighted by Gasteiger charge is 2.18. The highest BCUT2D eigenvalue weighted by atomic mass is 16.5. The standard InChI is InChI=1S/C20H20O5/c1-25-18-9-7-15(8-10-18)20(24)13-17(22)11-16(21)12-19(23)14-5-3-2-4-6-14/h2-10,20,24H,11-13H2,1H3/t20-/m1/s1. The van der Waals surface area contributed by atoms with E-state index in [9.17, 15) is 19.5 Å². The number of aliphatic hydroxyl groups excluding tert-OH is 1. The highest BCUT2D eigenvalue weighted by molar-refractivity contribution is 6.12. The molecule has 0 aliphatic rings. The summed E-state index contributed by atoms with van der Waals surface area (Å²) in [5, 5.41) is 10.1. The first-order valence-corrected chi connectivity index (χ1v) is 7.93. The second kappa shape index (κ2) is 8.89. The Morgan fingerprint density at radius 3 is 2.16 bits per heavy atom. The number of carbonyl (C=O) groups excluding carboxylic acids is 3. The van der Waals surface area contributed by atoms with E-state index < -0.39 is 17.7 Å². The number of hydrogen-bond donors (Lipinski definition) is 1. The SMILES string of the molecule is COc1ccc([C@H](O)CC(=O)CC(=O)CC(=O)c2ccccc2)cc1. The first-order valence-electron chi connectivity index (χ1n) is 7.93. The lowest BCUT2D eigenvalue weighted by Crippen LogP contribution is -2.15. The van der Waals surface area contributed by atoms with Crippen LogP contribution in [0.5, 0.6) is 5.75 Å². The maximum Gasteiger partial charge on any atom is 0.170 e. The number of methoxy groups -OCH3 is 1. The zero-order valence-corrected chi connectivity index (χ0v) is 14.0. The van der Waals surface area contributed by atoms with Crippen LogP contribution >= 0.6 is 0 Å². The quantitative estimate of drug-likeness (QED) is 0.561. The van der Waals surface area contributed by atoms with Gasteiger partial charge in [0.15, 0.2) is 5.78 Å². The Bertz CT molecular complexity index is 734. The number of ketones is 3. The van der Waals surface area contributed by atoms with Gasteiger partial charge in [0, 0.05) is 12.0 Å². The number of aliphatic hydroxyl groups is 1. The molecule has 1 N–H and O–H groups in total. The average Bonchev–Trinajstić information content (AvgIpc) is 2.62. The molecule has 1 atom stereocenters. The van der Waals surface area contributed by atoms with Crippen LogP contribution < -0.4 is 4.74 Å². The van der Waals surface area contributed by atoms with Crippen LogP contribution in [0.4, 0.5) is 0 Å². The second-order valence-electron chi connectivity index (χ2n) is 5.71. The lowest BCUT2D eigenvalue weighted by Gasteiger charge is -2.10. The van der Waals surface area contributed by atoms with Crippen LogP contribution in [0.2, 0.25) is 0 Å². The zero-order valence-electron chi connectivity index (χ0n) is 14.0. The van der Waals surface area contributed by atoms with E-state index in [2.05, 4.69) is 0 Å². The van der Waals surface area contributed by atoms with Gasteiger partial charge >= 0.3 is 0 Å². The molecule has 0 heterocycles. The van der Waals surface area contributed by atoms with E-state index >= 15 is 0 Å². The van der Waals surface area contributed by atoms with E-state index in [1.807, 2.05) is 0 Å². The summed E-state index contributed by atoms with van der Waals surface area (Å²) in [5.74, 6) is -0.499. The molecule has 2 aromatic carbocycles. The lowest BCUT2D eigenvalue weighted by atomic mass is 9.99. The number of ether oxygens (including phenoxy) is 1. The minimum atomic E-state index is -0.990. The molecular weight excluding hydrogens is 320 g/mol. The number of Topliss-reactive ketones (excluding diaryl/α,β-unsaturated/α-hetero) is 3. The van der Waals surface area contributed by atoms with Crippen molar-refractivity contribution >= 4 is 17.3 Å². The third-order valence-electron chi connectivity index (χ3n) is 3.77. The molecule has 5 heteroatoms. The highest BCUT2D eigenvalue weighted by Crippen LogP contribution is 2.21. The van der Waals surface area contributed by atoms with E-state index in [1.54, 1.807) is 54.6 Å². The van der Waals surface area contributed by atoms with Gasteiger partial charge in [-0.25, -0.2) is 0 Å². The molecule has 2 rings (SSSR count). The molecule has 0 aliphatic heterocycles. The summed E-state index contributed by atoms with van der Waals surface area (Å²) in [6.45, 7) is 0. The molecule has 5 nitrogen and oxygen atoms in total. The van der Waals surface area contributed by atoms with Crippen molar-refractivity contribution in [3.8, 4) is 5.75 Å². The van der Waals surface area contributed by atoms with Gasteiger partial charge in [0.2, 0.25) is 0 Å². The van der Waals surface area contributed by atoms with Crippen LogP contribution in [0.1, 0.15) is 41.3 Å². The molecule has 0 radical (unpaired) electrons. The molecule has 0 unspecified atom stereocenters. The summed E-state index contributed by atoms with van der Waals surface area (Å²) in [7, 11) is 1.54. The molecule has 0 saturated carbocycles. The van der Waals surface area contributed by atoms with Gasteiger partial charge < -0.3 is 9.84 Å². The van der Waals surface area contributed by atoms with Crippen LogP contribution in [0.25, 0.3) is 0 Å². The van der Waals surface area contributed by atoms with Gasteiger partial charge in [0.25, 0.3) is 0 Å². The molecule has 130 valence electrons. The maximum atomic E-state index is 12.0. The van der Waals surface area contributed by atoms with Crippen molar-refractivity contribution in [3.63, 3.8) is 0 Å². The minimum Gasteiger partial charge on any atom is -0.497 e. The van der Waals surface area contributed by atoms with Crippen LogP contribution in [0, 0.1) is 0 Å². The monoisotopic (exact) mass is 340 g/mol. The summed E-state index contributed by atoms with van der Waals surface area (Å²) in [5.41, 5.74) is 1.02. The molecule has 0 bridgehead atoms. The van der Waals surface area contributed by atoms with Crippen molar-refractivity contribution in [1.29, 1.82) is 0 Å². The predicted octanol–water partition coefficient (Wildman–Crippen LogP) is 2.92. The van der Waals surface area contributed by atoms with E-state index in [1.165, 1.54) is 7.11 Å². The van der Waals surface area contributed by atoms with Crippen LogP contribution in [0.15, 0.2) is 54.6 Å². The Hall–Kier alpha value is -2.79. The van der Waals surface area contributed by atoms with E-state index in [0.29, 0.717) is 16.9 Å². The summed E-state index contributed by atoms with van der Waals surface area (Å²) >= 11 is 0. The lowest BCUT2D eigenvalue weighted by molar-refractivity contribution is -0.127. The van der Waals surface area contributed by atoms with Crippen molar-refractivity contribution in [1.82, 2.24) is 0 Å². The molecule has 0 amide bonds. The predicted molar refractivity (Wildman–Crippen MR) is 92.6 cm³/mol. The number of carbonyl (C=O) groups is 3. The third-order valence-corrected chi connectivity index (χ3v) is 3.77. The first kappa shape index (κ1) is 18.5. The van der Waals surface area contributed by atoms with Crippen molar-refractivity contribution in [2.45, 2.75) is 25.4 Å². The summed E-state index contributed by atoms with van der Waals surface area (Å²) in [4.78, 5) is 35.8. The van der Waals surface area contributed by atoms with Crippen LogP contribution in [0.3, 0.4) is 0 Å². The zero-order chi connectivity index (χ0) is 18.2. The largest absolute Gasteiger partial charge is 0.497 e. The van der Waals surface area contributed by atoms with Crippen molar-refractivity contribution in [2.24, 2.45) is 0 Å². The minimum absolute atomic E-state index is 0.169. The van der Waals surface area contributed by atoms with Gasteiger partial charge in [-0.1, -0.05) is 42.5 Å². The fourth-order valence-electron chi connectivity index (χ4n) is 2.42. The van der Waals surface area contributed by atoms with Gasteiger partial charge in [-0.15, -0.1) is 0 Å². The molecule has 0 spiro atoms. The number of benzene rings is 2. The third kappa shape index (κ3) is 5.65. The van der Waals surface area contributed by atoms with Gasteiger partial charge in [-0.05, 0) is 17.7 Å². The fraction of sp³-hybridized carbons (Fsp3) is 0.250. The fourth-order valence-corrected chi connectivity index (χ4v) is 2.42.